The molecular formula is C12H17N3O2. The lowest BCUT2D eigenvalue weighted by Gasteiger charge is -2.15. The van der Waals surface area contributed by atoms with Gasteiger partial charge < -0.3 is 15.0 Å². The van der Waals surface area contributed by atoms with Crippen LogP contribution in [0.5, 0.6) is 0 Å². The number of nitrogens with one attached hydrogen (secondary N) is 1. The summed E-state index contributed by atoms with van der Waals surface area (Å²) in [7, 11) is 0. The lowest BCUT2D eigenvalue weighted by molar-refractivity contribution is 0.0956. The molecule has 1 aliphatic rings. The van der Waals surface area contributed by atoms with E-state index in [0.29, 0.717) is 6.54 Å². The fourth-order valence-corrected chi connectivity index (χ4v) is 2.09. The van der Waals surface area contributed by atoms with Crippen LogP contribution in [0.25, 0.3) is 0 Å². The first-order chi connectivity index (χ1) is 8.09. The second-order valence-electron chi connectivity index (χ2n) is 4.35. The quantitative estimate of drug-likeness (QED) is 0.595. The molecule has 0 spiro atoms. The van der Waals surface area contributed by atoms with Crippen LogP contribution in [0.4, 0.5) is 0 Å². The van der Waals surface area contributed by atoms with Gasteiger partial charge in [-0.05, 0) is 31.9 Å². The van der Waals surface area contributed by atoms with Crippen LogP contribution in [-0.4, -0.2) is 23.1 Å². The number of nitrogens with zero attached hydrogens (tertiary/aromatic N) is 1. The molecule has 0 aliphatic carbocycles. The summed E-state index contributed by atoms with van der Waals surface area (Å²) in [6, 6.07) is 3.42. The third-order valence-corrected chi connectivity index (χ3v) is 3.09. The molecule has 1 aromatic heterocycles. The molecule has 5 heteroatoms. The maximum atomic E-state index is 12.1. The van der Waals surface area contributed by atoms with E-state index in [-0.39, 0.29) is 23.1 Å². The Morgan fingerprint density at radius 1 is 1.65 bits per heavy atom. The molecule has 17 heavy (non-hydrogen) atoms. The second kappa shape index (κ2) is 4.71. The maximum absolute atomic E-state index is 12.1. The summed E-state index contributed by atoms with van der Waals surface area (Å²) in [5.74, 6) is -0.184. The van der Waals surface area contributed by atoms with Crippen molar-refractivity contribution in [3.63, 3.8) is 0 Å². The van der Waals surface area contributed by atoms with Gasteiger partial charge in [0.05, 0.1) is 18.2 Å². The van der Waals surface area contributed by atoms with E-state index in [1.807, 2.05) is 13.0 Å². The molecule has 1 aliphatic heterocycles. The predicted octanol–water partition coefficient (Wildman–Crippen LogP) is 0.620. The lowest BCUT2D eigenvalue weighted by Crippen LogP contribution is -2.33. The van der Waals surface area contributed by atoms with Gasteiger partial charge in [-0.25, -0.2) is 0 Å². The number of hydrogen-bond donors (Lipinski definition) is 2. The van der Waals surface area contributed by atoms with Crippen molar-refractivity contribution >= 4 is 5.84 Å². The van der Waals surface area contributed by atoms with Crippen molar-refractivity contribution in [2.45, 2.75) is 32.4 Å². The van der Waals surface area contributed by atoms with E-state index >= 15 is 0 Å². The first-order valence-corrected chi connectivity index (χ1v) is 5.76. The SMILES string of the molecule is Cc1ccc(C(=N)N)c(=O)n1CC1CCCO1. The molecule has 1 unspecified atom stereocenters. The summed E-state index contributed by atoms with van der Waals surface area (Å²) < 4.78 is 7.17. The van der Waals surface area contributed by atoms with Crippen LogP contribution in [0.3, 0.4) is 0 Å². The molecule has 2 heterocycles. The van der Waals surface area contributed by atoms with Crippen LogP contribution in [-0.2, 0) is 11.3 Å². The number of aromatic nitrogens is 1. The highest BCUT2D eigenvalue weighted by molar-refractivity contribution is 5.94. The van der Waals surface area contributed by atoms with E-state index in [4.69, 9.17) is 15.9 Å². The van der Waals surface area contributed by atoms with Gasteiger partial charge in [0.2, 0.25) is 0 Å². The molecule has 1 atom stereocenters. The second-order valence-corrected chi connectivity index (χ2v) is 4.35. The number of ether oxygens (including phenoxy) is 1. The summed E-state index contributed by atoms with van der Waals surface area (Å²) in [6.07, 6.45) is 2.13. The molecule has 2 rings (SSSR count). The van der Waals surface area contributed by atoms with E-state index in [1.54, 1.807) is 10.6 Å². The summed E-state index contributed by atoms with van der Waals surface area (Å²) in [5.41, 5.74) is 6.31. The Morgan fingerprint density at radius 2 is 2.41 bits per heavy atom. The van der Waals surface area contributed by atoms with Gasteiger partial charge in [-0.2, -0.15) is 0 Å². The molecule has 0 amide bonds. The Balaban J connectivity index is 2.34. The van der Waals surface area contributed by atoms with Crippen LogP contribution < -0.4 is 11.3 Å². The van der Waals surface area contributed by atoms with Crippen molar-refractivity contribution in [3.8, 4) is 0 Å². The number of pyridine rings is 1. The normalized spacial score (nSPS) is 19.5. The average molecular weight is 235 g/mol. The van der Waals surface area contributed by atoms with E-state index in [2.05, 4.69) is 0 Å². The molecule has 1 fully saturated rings. The molecule has 1 saturated heterocycles. The van der Waals surface area contributed by atoms with Crippen molar-refractivity contribution in [1.29, 1.82) is 5.41 Å². The van der Waals surface area contributed by atoms with E-state index in [1.165, 1.54) is 0 Å². The lowest BCUT2D eigenvalue weighted by atomic mass is 10.2. The fraction of sp³-hybridized carbons (Fsp3) is 0.500. The van der Waals surface area contributed by atoms with Crippen LogP contribution in [0.15, 0.2) is 16.9 Å². The number of hydrogen-bond acceptors (Lipinski definition) is 3. The van der Waals surface area contributed by atoms with Gasteiger partial charge in [0.1, 0.15) is 5.84 Å². The molecule has 0 saturated carbocycles. The summed E-state index contributed by atoms with van der Waals surface area (Å²) >= 11 is 0. The first-order valence-electron chi connectivity index (χ1n) is 5.76. The molecule has 0 radical (unpaired) electrons. The summed E-state index contributed by atoms with van der Waals surface area (Å²) in [6.45, 7) is 3.19. The average Bonchev–Trinajstić information content (AvgIpc) is 2.76. The van der Waals surface area contributed by atoms with Gasteiger partial charge in [-0.15, -0.1) is 0 Å². The van der Waals surface area contributed by atoms with Gasteiger partial charge in [0.15, 0.2) is 0 Å². The maximum Gasteiger partial charge on any atom is 0.261 e. The van der Waals surface area contributed by atoms with Gasteiger partial charge in [-0.3, -0.25) is 10.2 Å². The zero-order valence-electron chi connectivity index (χ0n) is 9.90. The zero-order valence-corrected chi connectivity index (χ0v) is 9.90. The van der Waals surface area contributed by atoms with Crippen molar-refractivity contribution < 1.29 is 4.74 Å². The highest BCUT2D eigenvalue weighted by Gasteiger charge is 2.18. The molecule has 0 bridgehead atoms. The van der Waals surface area contributed by atoms with E-state index in [9.17, 15) is 4.79 Å². The highest BCUT2D eigenvalue weighted by Crippen LogP contribution is 2.14. The standard InChI is InChI=1S/C12H17N3O2/c1-8-4-5-10(11(13)14)12(16)15(8)7-9-3-2-6-17-9/h4-5,9H,2-3,6-7H2,1H3,(H3,13,14). The topological polar surface area (TPSA) is 81.1 Å². The van der Waals surface area contributed by atoms with E-state index in [0.717, 1.165) is 25.1 Å². The molecule has 3 N–H and O–H groups in total. The third-order valence-electron chi connectivity index (χ3n) is 3.09. The van der Waals surface area contributed by atoms with Gasteiger partial charge in [0.25, 0.3) is 5.56 Å². The molecular weight excluding hydrogens is 218 g/mol. The van der Waals surface area contributed by atoms with Crippen molar-refractivity contribution in [1.82, 2.24) is 4.57 Å². The third kappa shape index (κ3) is 2.39. The van der Waals surface area contributed by atoms with Crippen molar-refractivity contribution in [3.05, 3.63) is 33.7 Å². The fourth-order valence-electron chi connectivity index (χ4n) is 2.09. The smallest absolute Gasteiger partial charge is 0.261 e. The highest BCUT2D eigenvalue weighted by atomic mass is 16.5. The van der Waals surface area contributed by atoms with Gasteiger partial charge in [0, 0.05) is 12.3 Å². The minimum atomic E-state index is -0.201. The van der Waals surface area contributed by atoms with Crippen LogP contribution in [0.2, 0.25) is 0 Å². The largest absolute Gasteiger partial charge is 0.384 e. The predicted molar refractivity (Wildman–Crippen MR) is 65.4 cm³/mol. The van der Waals surface area contributed by atoms with Crippen molar-refractivity contribution in [2.24, 2.45) is 5.73 Å². The monoisotopic (exact) mass is 235 g/mol. The molecule has 92 valence electrons. The Kier molecular flexibility index (Phi) is 3.28. The Hall–Kier alpha value is -1.62. The molecule has 0 aromatic carbocycles. The number of amidine groups is 1. The Labute approximate surface area is 99.7 Å². The Bertz CT molecular complexity index is 487. The summed E-state index contributed by atoms with van der Waals surface area (Å²) in [5, 5.41) is 7.36. The van der Waals surface area contributed by atoms with Crippen LogP contribution in [0, 0.1) is 12.3 Å². The first kappa shape index (κ1) is 11.9. The summed E-state index contributed by atoms with van der Waals surface area (Å²) in [4.78, 5) is 12.1. The number of rotatable bonds is 3. The molecule has 1 aromatic rings. The zero-order chi connectivity index (χ0) is 12.4. The Morgan fingerprint density at radius 3 is 3.00 bits per heavy atom. The number of aryl methyl sites for hydroxylation is 1. The minimum Gasteiger partial charge on any atom is -0.384 e. The minimum absolute atomic E-state index is 0.105. The van der Waals surface area contributed by atoms with Crippen LogP contribution in [0.1, 0.15) is 24.1 Å². The van der Waals surface area contributed by atoms with Crippen molar-refractivity contribution in [2.75, 3.05) is 6.61 Å². The van der Waals surface area contributed by atoms with Gasteiger partial charge >= 0.3 is 0 Å². The number of nitrogen functional groups attached to an aromatic ring is 1. The van der Waals surface area contributed by atoms with Crippen LogP contribution >= 0.6 is 0 Å². The van der Waals surface area contributed by atoms with E-state index < -0.39 is 0 Å². The molecule has 5 nitrogen and oxygen atoms in total. The van der Waals surface area contributed by atoms with Gasteiger partial charge in [-0.1, -0.05) is 0 Å². The number of nitrogens with two attached hydrogens (primary N) is 1.